The van der Waals surface area contributed by atoms with E-state index in [4.69, 9.17) is 19.3 Å². The molecule has 0 spiro atoms. The van der Waals surface area contributed by atoms with Gasteiger partial charge in [0.15, 0.2) is 0 Å². The Balaban J connectivity index is 1.33. The molecule has 0 aromatic rings. The molecule has 0 heterocycles. The van der Waals surface area contributed by atoms with Crippen LogP contribution in [0.3, 0.4) is 0 Å². The number of hydrogen-bond donors (Lipinski definition) is 1. The van der Waals surface area contributed by atoms with Gasteiger partial charge in [0.05, 0.1) is 45.7 Å². The van der Waals surface area contributed by atoms with E-state index in [1.54, 1.807) is 5.57 Å². The molecule has 4 nitrogen and oxygen atoms in total. The van der Waals surface area contributed by atoms with Crippen molar-refractivity contribution in [1.29, 1.82) is 0 Å². The molecule has 0 aromatic heterocycles. The van der Waals surface area contributed by atoms with E-state index in [0.717, 1.165) is 36.0 Å². The van der Waals surface area contributed by atoms with E-state index in [1.807, 2.05) is 0 Å². The highest BCUT2D eigenvalue weighted by Gasteiger charge is 2.64. The molecule has 3 fully saturated rings. The summed E-state index contributed by atoms with van der Waals surface area (Å²) in [4.78, 5) is 0. The van der Waals surface area contributed by atoms with Crippen LogP contribution in [0.25, 0.3) is 0 Å². The topological polar surface area (TPSA) is 47.9 Å². The fourth-order valence-corrected chi connectivity index (χ4v) is 9.79. The van der Waals surface area contributed by atoms with Crippen molar-refractivity contribution in [3.8, 4) is 0 Å². The van der Waals surface area contributed by atoms with Crippen LogP contribution >= 0.6 is 0 Å². The predicted molar refractivity (Wildman–Crippen MR) is 156 cm³/mol. The Morgan fingerprint density at radius 2 is 1.61 bits per heavy atom. The van der Waals surface area contributed by atoms with E-state index in [-0.39, 0.29) is 6.61 Å². The average Bonchev–Trinajstić information content (AvgIpc) is 3.23. The number of ether oxygens (including phenoxy) is 3. The van der Waals surface area contributed by atoms with E-state index in [0.29, 0.717) is 55.4 Å². The molecule has 0 aliphatic heterocycles. The third-order valence-electron chi connectivity index (χ3n) is 12.3. The van der Waals surface area contributed by atoms with Crippen LogP contribution in [0.2, 0.25) is 0 Å². The summed E-state index contributed by atoms with van der Waals surface area (Å²) < 4.78 is 17.2. The van der Waals surface area contributed by atoms with Crippen LogP contribution < -0.4 is 0 Å². The van der Waals surface area contributed by atoms with Gasteiger partial charge in [-0.3, -0.25) is 0 Å². The Kier molecular flexibility index (Phi) is 10.5. The predicted octanol–water partition coefficient (Wildman–Crippen LogP) is 7.83. The van der Waals surface area contributed by atoms with Gasteiger partial charge in [-0.05, 0) is 97.2 Å². The Hall–Kier alpha value is -0.420. The maximum absolute atomic E-state index is 8.76. The lowest BCUT2D eigenvalue weighted by Gasteiger charge is -2.64. The summed E-state index contributed by atoms with van der Waals surface area (Å²) in [5.74, 6) is 4.39. The van der Waals surface area contributed by atoms with Gasteiger partial charge in [-0.25, -0.2) is 0 Å². The normalized spacial score (nSPS) is 39.4. The molecular weight excluding hydrogens is 472 g/mol. The number of aliphatic hydroxyl groups is 1. The number of allylic oxidation sites excluding steroid dienone is 1. The Morgan fingerprint density at radius 1 is 0.868 bits per heavy atom. The molecule has 0 bridgehead atoms. The highest BCUT2D eigenvalue weighted by atomic mass is 16.5. The Morgan fingerprint density at radius 3 is 2.34 bits per heavy atom. The summed E-state index contributed by atoms with van der Waals surface area (Å²) in [5.41, 5.74) is 3.01. The fourth-order valence-electron chi connectivity index (χ4n) is 9.79. The molecule has 8 unspecified atom stereocenters. The van der Waals surface area contributed by atoms with Gasteiger partial charge >= 0.3 is 0 Å². The van der Waals surface area contributed by atoms with E-state index in [9.17, 15) is 0 Å². The number of aliphatic hydroxyl groups excluding tert-OH is 1. The molecule has 1 N–H and O–H groups in total. The van der Waals surface area contributed by atoms with Gasteiger partial charge in [0.2, 0.25) is 0 Å². The van der Waals surface area contributed by atoms with Crippen molar-refractivity contribution in [3.05, 3.63) is 11.6 Å². The van der Waals surface area contributed by atoms with Crippen molar-refractivity contribution in [2.24, 2.45) is 45.8 Å². The number of hydrogen-bond acceptors (Lipinski definition) is 4. The molecule has 0 radical (unpaired) electrons. The van der Waals surface area contributed by atoms with Gasteiger partial charge in [0, 0.05) is 0 Å². The van der Waals surface area contributed by atoms with Gasteiger partial charge in [0.25, 0.3) is 0 Å². The van der Waals surface area contributed by atoms with Gasteiger partial charge < -0.3 is 19.3 Å². The molecule has 0 amide bonds. The molecule has 3 saturated carbocycles. The Bertz CT molecular complexity index is 778. The number of rotatable bonds is 14. The lowest BCUT2D eigenvalue weighted by atomic mass is 9.40. The SMILES string of the molecule is CC(C)CCCC(C)C1CCC2C3CC=C4CC(OCCOCCOCCO)CCC4(C)C3(C)CCC12C. The third kappa shape index (κ3) is 6.09. The van der Waals surface area contributed by atoms with Crippen LogP contribution in [0.1, 0.15) is 112 Å². The lowest BCUT2D eigenvalue weighted by Crippen LogP contribution is -2.57. The number of fused-ring (bicyclic) bond motifs is 5. The maximum Gasteiger partial charge on any atom is 0.0704 e. The summed E-state index contributed by atoms with van der Waals surface area (Å²) in [6.07, 6.45) is 17.9. The van der Waals surface area contributed by atoms with E-state index >= 15 is 0 Å². The first kappa shape index (κ1) is 30.5. The zero-order chi connectivity index (χ0) is 27.4. The monoisotopic (exact) mass is 532 g/mol. The molecule has 4 aliphatic rings. The third-order valence-corrected chi connectivity index (χ3v) is 12.3. The summed E-state index contributed by atoms with van der Waals surface area (Å²) in [6, 6.07) is 0. The maximum atomic E-state index is 8.76. The van der Waals surface area contributed by atoms with Crippen molar-refractivity contribution in [3.63, 3.8) is 0 Å². The molecule has 4 rings (SSSR count). The van der Waals surface area contributed by atoms with Crippen LogP contribution in [0.15, 0.2) is 11.6 Å². The minimum absolute atomic E-state index is 0.0671. The molecule has 8 atom stereocenters. The molecule has 4 heteroatoms. The van der Waals surface area contributed by atoms with Crippen LogP contribution in [-0.2, 0) is 14.2 Å². The van der Waals surface area contributed by atoms with Gasteiger partial charge in [-0.15, -0.1) is 0 Å². The van der Waals surface area contributed by atoms with Gasteiger partial charge in [0.1, 0.15) is 0 Å². The lowest BCUT2D eigenvalue weighted by molar-refractivity contribution is -0.123. The zero-order valence-electron chi connectivity index (χ0n) is 25.7. The van der Waals surface area contributed by atoms with E-state index < -0.39 is 0 Å². The minimum atomic E-state index is 0.0671. The van der Waals surface area contributed by atoms with Crippen molar-refractivity contribution < 1.29 is 19.3 Å². The zero-order valence-corrected chi connectivity index (χ0v) is 25.7. The Labute approximate surface area is 234 Å². The average molecular weight is 533 g/mol. The van der Waals surface area contributed by atoms with Crippen molar-refractivity contribution in [2.75, 3.05) is 39.6 Å². The van der Waals surface area contributed by atoms with Crippen LogP contribution in [-0.4, -0.2) is 50.9 Å². The summed E-state index contributed by atoms with van der Waals surface area (Å²) in [6.45, 7) is 18.2. The van der Waals surface area contributed by atoms with Crippen LogP contribution in [0.5, 0.6) is 0 Å². The quantitative estimate of drug-likeness (QED) is 0.183. The largest absolute Gasteiger partial charge is 0.394 e. The first-order valence-corrected chi connectivity index (χ1v) is 16.2. The van der Waals surface area contributed by atoms with Crippen LogP contribution in [0.4, 0.5) is 0 Å². The van der Waals surface area contributed by atoms with Crippen LogP contribution in [0, 0.1) is 45.8 Å². The molecule has 220 valence electrons. The summed E-state index contributed by atoms with van der Waals surface area (Å²) in [7, 11) is 0. The highest BCUT2D eigenvalue weighted by Crippen LogP contribution is 2.72. The van der Waals surface area contributed by atoms with E-state index in [1.165, 1.54) is 64.2 Å². The summed E-state index contributed by atoms with van der Waals surface area (Å²) >= 11 is 0. The van der Waals surface area contributed by atoms with Gasteiger partial charge in [-0.2, -0.15) is 0 Å². The molecule has 38 heavy (non-hydrogen) atoms. The second kappa shape index (κ2) is 13.0. The fraction of sp³-hybridized carbons (Fsp3) is 0.941. The summed E-state index contributed by atoms with van der Waals surface area (Å²) in [5, 5.41) is 8.76. The van der Waals surface area contributed by atoms with Gasteiger partial charge in [-0.1, -0.05) is 72.5 Å². The van der Waals surface area contributed by atoms with Crippen molar-refractivity contribution in [1.82, 2.24) is 0 Å². The molecule has 4 aliphatic carbocycles. The minimum Gasteiger partial charge on any atom is -0.394 e. The second-order valence-electron chi connectivity index (χ2n) is 14.6. The standard InChI is InChI=1S/C34H60O4/c1-25(2)8-7-9-26(3)29-12-13-30-31-11-10-27-24-28(38-23-22-37-21-20-36-19-18-35)14-15-33(27,5)34(31,6)17-16-32(29,30)4/h10,25-26,28-31,35H,7-9,11-24H2,1-6H3. The first-order chi connectivity index (χ1) is 18.2. The molecule has 0 saturated heterocycles. The van der Waals surface area contributed by atoms with Crippen molar-refractivity contribution >= 4 is 0 Å². The van der Waals surface area contributed by atoms with Crippen molar-refractivity contribution in [2.45, 2.75) is 118 Å². The second-order valence-corrected chi connectivity index (χ2v) is 14.6. The smallest absolute Gasteiger partial charge is 0.0704 e. The molecular formula is C34H60O4. The van der Waals surface area contributed by atoms with E-state index in [2.05, 4.69) is 47.6 Å². The highest BCUT2D eigenvalue weighted by molar-refractivity contribution is 5.29. The molecule has 0 aromatic carbocycles. The first-order valence-electron chi connectivity index (χ1n) is 16.2.